The van der Waals surface area contributed by atoms with E-state index in [1.54, 1.807) is 12.1 Å². The van der Waals surface area contributed by atoms with E-state index in [0.717, 1.165) is 6.26 Å². The van der Waals surface area contributed by atoms with Crippen LogP contribution in [0.15, 0.2) is 23.1 Å². The van der Waals surface area contributed by atoms with Crippen molar-refractivity contribution in [1.29, 1.82) is 0 Å². The summed E-state index contributed by atoms with van der Waals surface area (Å²) in [6.07, 6.45) is 1.69. The molecule has 0 aliphatic carbocycles. The van der Waals surface area contributed by atoms with Crippen LogP contribution in [0.3, 0.4) is 0 Å². The highest BCUT2D eigenvalue weighted by molar-refractivity contribution is 7.90. The van der Waals surface area contributed by atoms with Gasteiger partial charge in [0.1, 0.15) is 0 Å². The van der Waals surface area contributed by atoms with Crippen LogP contribution >= 0.6 is 11.6 Å². The second-order valence-electron chi connectivity index (χ2n) is 4.16. The lowest BCUT2D eigenvalue weighted by molar-refractivity contribution is -0.137. The van der Waals surface area contributed by atoms with Crippen LogP contribution in [-0.2, 0) is 21.2 Å². The van der Waals surface area contributed by atoms with Crippen molar-refractivity contribution in [2.75, 3.05) is 12.8 Å². The van der Waals surface area contributed by atoms with E-state index in [2.05, 4.69) is 5.32 Å². The summed E-state index contributed by atoms with van der Waals surface area (Å²) in [4.78, 5) is 10.5. The van der Waals surface area contributed by atoms with Gasteiger partial charge in [-0.25, -0.2) is 8.42 Å². The van der Waals surface area contributed by atoms with Gasteiger partial charge in [-0.1, -0.05) is 17.7 Å². The Bertz CT molecular complexity index is 557. The minimum absolute atomic E-state index is 0.0778. The van der Waals surface area contributed by atoms with E-state index in [1.807, 2.05) is 0 Å². The molecule has 0 saturated heterocycles. The van der Waals surface area contributed by atoms with Crippen molar-refractivity contribution in [2.45, 2.75) is 24.3 Å². The Hall–Kier alpha value is -1.11. The molecule has 0 heterocycles. The highest BCUT2D eigenvalue weighted by Crippen LogP contribution is 2.23. The highest BCUT2D eigenvalue weighted by Gasteiger charge is 2.15. The van der Waals surface area contributed by atoms with Gasteiger partial charge in [-0.2, -0.15) is 0 Å². The number of rotatable bonds is 7. The molecule has 19 heavy (non-hydrogen) atoms. The summed E-state index contributed by atoms with van der Waals surface area (Å²) in [5.41, 5.74) is 0.516. The van der Waals surface area contributed by atoms with Crippen molar-refractivity contribution in [3.63, 3.8) is 0 Å². The maximum Gasteiger partial charge on any atom is 0.303 e. The van der Waals surface area contributed by atoms with Gasteiger partial charge in [0.15, 0.2) is 9.84 Å². The maximum absolute atomic E-state index is 11.6. The number of aliphatic carboxylic acids is 1. The van der Waals surface area contributed by atoms with Crippen LogP contribution in [0.25, 0.3) is 0 Å². The Balaban J connectivity index is 2.70. The zero-order valence-electron chi connectivity index (χ0n) is 10.5. The molecular weight excluding hydrogens is 290 g/mol. The summed E-state index contributed by atoms with van der Waals surface area (Å²) >= 11 is 6.00. The molecule has 0 bridgehead atoms. The topological polar surface area (TPSA) is 83.5 Å². The number of sulfone groups is 1. The van der Waals surface area contributed by atoms with E-state index in [0.29, 0.717) is 30.1 Å². The molecule has 0 radical (unpaired) electrons. The fraction of sp³-hybridized carbons (Fsp3) is 0.417. The SMILES string of the molecule is CS(=O)(=O)c1cccc(Cl)c1CNCCCC(=O)O. The summed E-state index contributed by atoms with van der Waals surface area (Å²) in [6, 6.07) is 4.73. The maximum atomic E-state index is 11.6. The first-order valence-corrected chi connectivity index (χ1v) is 7.99. The van der Waals surface area contributed by atoms with Crippen LogP contribution in [-0.4, -0.2) is 32.3 Å². The van der Waals surface area contributed by atoms with Gasteiger partial charge in [0.25, 0.3) is 0 Å². The first-order chi connectivity index (χ1) is 8.82. The molecule has 1 aromatic carbocycles. The Kier molecular flexibility index (Phi) is 5.78. The summed E-state index contributed by atoms with van der Waals surface area (Å²) < 4.78 is 23.2. The minimum atomic E-state index is -3.33. The van der Waals surface area contributed by atoms with E-state index in [1.165, 1.54) is 6.07 Å². The Morgan fingerprint density at radius 2 is 2.11 bits per heavy atom. The quantitative estimate of drug-likeness (QED) is 0.749. The zero-order chi connectivity index (χ0) is 14.5. The highest BCUT2D eigenvalue weighted by atomic mass is 35.5. The lowest BCUT2D eigenvalue weighted by Crippen LogP contribution is -2.18. The second-order valence-corrected chi connectivity index (χ2v) is 6.55. The van der Waals surface area contributed by atoms with E-state index >= 15 is 0 Å². The van der Waals surface area contributed by atoms with Gasteiger partial charge in [0.2, 0.25) is 0 Å². The zero-order valence-corrected chi connectivity index (χ0v) is 12.1. The number of halogens is 1. The van der Waals surface area contributed by atoms with Crippen LogP contribution in [0.4, 0.5) is 0 Å². The van der Waals surface area contributed by atoms with Crippen LogP contribution in [0.2, 0.25) is 5.02 Å². The molecule has 0 fully saturated rings. The third-order valence-electron chi connectivity index (χ3n) is 2.52. The number of hydrogen-bond donors (Lipinski definition) is 2. The number of benzene rings is 1. The van der Waals surface area contributed by atoms with Gasteiger partial charge in [0, 0.05) is 29.8 Å². The summed E-state index contributed by atoms with van der Waals surface area (Å²) in [7, 11) is -3.33. The van der Waals surface area contributed by atoms with Gasteiger partial charge in [-0.15, -0.1) is 0 Å². The van der Waals surface area contributed by atoms with Crippen LogP contribution in [0.5, 0.6) is 0 Å². The smallest absolute Gasteiger partial charge is 0.303 e. The molecule has 5 nitrogen and oxygen atoms in total. The average molecular weight is 306 g/mol. The molecule has 0 saturated carbocycles. The average Bonchev–Trinajstić information content (AvgIpc) is 2.28. The molecule has 7 heteroatoms. The molecule has 0 amide bonds. The third kappa shape index (κ3) is 5.18. The fourth-order valence-electron chi connectivity index (χ4n) is 1.64. The van der Waals surface area contributed by atoms with E-state index in [4.69, 9.17) is 16.7 Å². The minimum Gasteiger partial charge on any atom is -0.481 e. The summed E-state index contributed by atoms with van der Waals surface area (Å²) in [6.45, 7) is 0.780. The van der Waals surface area contributed by atoms with Gasteiger partial charge < -0.3 is 10.4 Å². The Labute approximate surface area is 117 Å². The molecule has 0 aromatic heterocycles. The first-order valence-electron chi connectivity index (χ1n) is 5.72. The lowest BCUT2D eigenvalue weighted by atomic mass is 10.2. The van der Waals surface area contributed by atoms with E-state index in [-0.39, 0.29) is 11.3 Å². The Morgan fingerprint density at radius 1 is 1.42 bits per heavy atom. The number of carboxylic acids is 1. The van der Waals surface area contributed by atoms with Crippen molar-refractivity contribution >= 4 is 27.4 Å². The molecule has 0 aliphatic rings. The molecule has 0 unspecified atom stereocenters. The van der Waals surface area contributed by atoms with Gasteiger partial charge >= 0.3 is 5.97 Å². The molecule has 106 valence electrons. The van der Waals surface area contributed by atoms with Crippen molar-refractivity contribution in [3.05, 3.63) is 28.8 Å². The third-order valence-corrected chi connectivity index (χ3v) is 4.06. The van der Waals surface area contributed by atoms with Crippen molar-refractivity contribution < 1.29 is 18.3 Å². The molecule has 1 rings (SSSR count). The molecule has 1 aromatic rings. The largest absolute Gasteiger partial charge is 0.481 e. The number of carbonyl (C=O) groups is 1. The monoisotopic (exact) mass is 305 g/mol. The molecule has 0 spiro atoms. The number of nitrogens with one attached hydrogen (secondary N) is 1. The normalized spacial score (nSPS) is 11.5. The van der Waals surface area contributed by atoms with Crippen LogP contribution < -0.4 is 5.32 Å². The van der Waals surface area contributed by atoms with Gasteiger partial charge in [-0.3, -0.25) is 4.79 Å². The van der Waals surface area contributed by atoms with E-state index in [9.17, 15) is 13.2 Å². The van der Waals surface area contributed by atoms with Crippen molar-refractivity contribution in [2.24, 2.45) is 0 Å². The van der Waals surface area contributed by atoms with Crippen molar-refractivity contribution in [3.8, 4) is 0 Å². The standard InChI is InChI=1S/C12H16ClNO4S/c1-19(17,18)11-5-2-4-10(13)9(11)8-14-7-3-6-12(15)16/h2,4-5,14H,3,6-8H2,1H3,(H,15,16). The van der Waals surface area contributed by atoms with E-state index < -0.39 is 15.8 Å². The predicted molar refractivity (Wildman–Crippen MR) is 73.1 cm³/mol. The molecule has 0 aliphatic heterocycles. The van der Waals surface area contributed by atoms with Crippen LogP contribution in [0.1, 0.15) is 18.4 Å². The Morgan fingerprint density at radius 3 is 2.68 bits per heavy atom. The molecule has 2 N–H and O–H groups in total. The fourth-order valence-corrected chi connectivity index (χ4v) is 2.89. The molecule has 0 atom stereocenters. The van der Waals surface area contributed by atoms with Gasteiger partial charge in [0.05, 0.1) is 4.90 Å². The summed E-state index contributed by atoms with van der Waals surface area (Å²) in [5, 5.41) is 11.9. The number of hydrogen-bond acceptors (Lipinski definition) is 4. The van der Waals surface area contributed by atoms with Crippen molar-refractivity contribution in [1.82, 2.24) is 5.32 Å². The second kappa shape index (κ2) is 6.88. The summed E-state index contributed by atoms with van der Waals surface area (Å²) in [5.74, 6) is -0.851. The number of carboxylic acid groups (broad SMARTS) is 1. The van der Waals surface area contributed by atoms with Gasteiger partial charge in [-0.05, 0) is 25.1 Å². The lowest BCUT2D eigenvalue weighted by Gasteiger charge is -2.11. The van der Waals surface area contributed by atoms with Crippen LogP contribution in [0, 0.1) is 0 Å². The first kappa shape index (κ1) is 15.9. The molecular formula is C12H16ClNO4S. The predicted octanol–water partition coefficient (Wildman–Crippen LogP) is 1.70.